The van der Waals surface area contributed by atoms with Gasteiger partial charge in [-0.2, -0.15) is 18.6 Å². The summed E-state index contributed by atoms with van der Waals surface area (Å²) in [4.78, 5) is 0. The molecule has 0 saturated carbocycles. The maximum absolute atomic E-state index is 3.83. The molecule has 1 nitrogen and oxygen atoms in total. The van der Waals surface area contributed by atoms with Crippen LogP contribution >= 0.6 is 0 Å². The van der Waals surface area contributed by atoms with E-state index in [2.05, 4.69) is 19.3 Å². The van der Waals surface area contributed by atoms with E-state index in [0.717, 1.165) is 11.3 Å². The van der Waals surface area contributed by atoms with Gasteiger partial charge in [0.05, 0.1) is 0 Å². The zero-order chi connectivity index (χ0) is 7.56. The van der Waals surface area contributed by atoms with Crippen LogP contribution in [0.5, 0.6) is 0 Å². The van der Waals surface area contributed by atoms with Crippen molar-refractivity contribution in [3.63, 3.8) is 0 Å². The van der Waals surface area contributed by atoms with Crippen molar-refractivity contribution in [2.75, 3.05) is 5.32 Å². The standard InChI is InChI=1S/C9H11N.Y/c1-7-4-5-8(2)9(6-7)10-3;/h4-6,10H,2-3H2,1H3;/q-2;. The zero-order valence-electron chi connectivity index (χ0n) is 6.72. The average molecular weight is 222 g/mol. The Hall–Kier alpha value is -0.00610. The van der Waals surface area contributed by atoms with Crippen LogP contribution < -0.4 is 5.32 Å². The van der Waals surface area contributed by atoms with Crippen molar-refractivity contribution in [2.45, 2.75) is 6.92 Å². The predicted octanol–water partition coefficient (Wildman–Crippen LogP) is 2.38. The van der Waals surface area contributed by atoms with Gasteiger partial charge in [0.1, 0.15) is 0 Å². The van der Waals surface area contributed by atoms with Crippen LogP contribution in [-0.4, -0.2) is 0 Å². The van der Waals surface area contributed by atoms with E-state index in [-0.39, 0.29) is 32.7 Å². The van der Waals surface area contributed by atoms with E-state index in [9.17, 15) is 0 Å². The Bertz CT molecular complexity index is 233. The molecule has 0 fully saturated rings. The second-order valence-electron chi connectivity index (χ2n) is 2.34. The van der Waals surface area contributed by atoms with Gasteiger partial charge in [0.15, 0.2) is 0 Å². The van der Waals surface area contributed by atoms with Gasteiger partial charge in [-0.15, -0.1) is 6.07 Å². The molecule has 0 atom stereocenters. The van der Waals surface area contributed by atoms with Crippen molar-refractivity contribution in [3.05, 3.63) is 43.3 Å². The molecule has 57 valence electrons. The quantitative estimate of drug-likeness (QED) is 0.719. The first-order chi connectivity index (χ1) is 4.74. The van der Waals surface area contributed by atoms with Crippen molar-refractivity contribution in [2.24, 2.45) is 0 Å². The summed E-state index contributed by atoms with van der Waals surface area (Å²) in [6.07, 6.45) is 0. The van der Waals surface area contributed by atoms with Crippen LogP contribution in [0.4, 0.5) is 5.69 Å². The van der Waals surface area contributed by atoms with Crippen LogP contribution in [-0.2, 0) is 32.7 Å². The SMILES string of the molecule is [CH2-]Nc1cc(C)ccc1[CH2-].[Y]. The first-order valence-corrected chi connectivity index (χ1v) is 3.20. The molecule has 1 aromatic rings. The van der Waals surface area contributed by atoms with Crippen LogP contribution in [0.25, 0.3) is 0 Å². The predicted molar refractivity (Wildman–Crippen MR) is 44.6 cm³/mol. The maximum atomic E-state index is 3.83. The summed E-state index contributed by atoms with van der Waals surface area (Å²) in [6, 6.07) is 6.03. The fourth-order valence-electron chi connectivity index (χ4n) is 0.855. The number of rotatable bonds is 1. The summed E-state index contributed by atoms with van der Waals surface area (Å²) in [5.41, 5.74) is 3.21. The van der Waals surface area contributed by atoms with Crippen molar-refractivity contribution in [3.8, 4) is 0 Å². The van der Waals surface area contributed by atoms with Gasteiger partial charge in [-0.25, -0.2) is 0 Å². The molecule has 0 aliphatic rings. The third-order valence-corrected chi connectivity index (χ3v) is 1.46. The van der Waals surface area contributed by atoms with Gasteiger partial charge < -0.3 is 5.32 Å². The van der Waals surface area contributed by atoms with E-state index in [1.165, 1.54) is 5.56 Å². The Kier molecular flexibility index (Phi) is 4.79. The Morgan fingerprint density at radius 1 is 1.36 bits per heavy atom. The minimum Gasteiger partial charge on any atom is -0.590 e. The summed E-state index contributed by atoms with van der Waals surface area (Å²) >= 11 is 0. The molecule has 1 aromatic carbocycles. The summed E-state index contributed by atoms with van der Waals surface area (Å²) in [5.74, 6) is 0. The maximum Gasteiger partial charge on any atom is 0 e. The van der Waals surface area contributed by atoms with Crippen LogP contribution in [0.3, 0.4) is 0 Å². The second-order valence-corrected chi connectivity index (χ2v) is 2.34. The smallest absolute Gasteiger partial charge is 0 e. The third-order valence-electron chi connectivity index (χ3n) is 1.46. The van der Waals surface area contributed by atoms with E-state index >= 15 is 0 Å². The molecule has 0 amide bonds. The normalized spacial score (nSPS) is 8.55. The molecule has 0 heterocycles. The van der Waals surface area contributed by atoms with E-state index < -0.39 is 0 Å². The van der Waals surface area contributed by atoms with Gasteiger partial charge in [0, 0.05) is 32.7 Å². The summed E-state index contributed by atoms with van der Waals surface area (Å²) in [6.45, 7) is 5.87. The van der Waals surface area contributed by atoms with Crippen LogP contribution in [0, 0.1) is 20.9 Å². The molecule has 1 radical (unpaired) electrons. The Morgan fingerprint density at radius 3 is 2.45 bits per heavy atom. The summed E-state index contributed by atoms with van der Waals surface area (Å²) in [7, 11) is 3.57. The average Bonchev–Trinajstić information content (AvgIpc) is 1.94. The van der Waals surface area contributed by atoms with E-state index in [4.69, 9.17) is 0 Å². The van der Waals surface area contributed by atoms with E-state index in [1.807, 2.05) is 25.1 Å². The summed E-state index contributed by atoms with van der Waals surface area (Å²) < 4.78 is 0. The molecule has 0 spiro atoms. The fourth-order valence-corrected chi connectivity index (χ4v) is 0.855. The van der Waals surface area contributed by atoms with Crippen molar-refractivity contribution in [1.29, 1.82) is 0 Å². The Balaban J connectivity index is 0.000001000. The number of aryl methyl sites for hydroxylation is 1. The van der Waals surface area contributed by atoms with Gasteiger partial charge in [-0.1, -0.05) is 17.3 Å². The molecule has 0 bridgehead atoms. The molecule has 0 aliphatic carbocycles. The largest absolute Gasteiger partial charge is 0.590 e. The van der Waals surface area contributed by atoms with Crippen molar-refractivity contribution in [1.82, 2.24) is 0 Å². The number of hydrogen-bond donors (Lipinski definition) is 1. The van der Waals surface area contributed by atoms with Gasteiger partial charge in [0.25, 0.3) is 0 Å². The minimum atomic E-state index is 0. The van der Waals surface area contributed by atoms with E-state index in [0.29, 0.717) is 0 Å². The van der Waals surface area contributed by atoms with Crippen LogP contribution in [0.1, 0.15) is 11.1 Å². The van der Waals surface area contributed by atoms with E-state index in [1.54, 1.807) is 0 Å². The van der Waals surface area contributed by atoms with Gasteiger partial charge in [-0.3, -0.25) is 7.05 Å². The van der Waals surface area contributed by atoms with Crippen LogP contribution in [0.2, 0.25) is 0 Å². The first-order valence-electron chi connectivity index (χ1n) is 3.20. The Labute approximate surface area is 93.5 Å². The molecule has 0 aliphatic heterocycles. The zero-order valence-corrected chi connectivity index (χ0v) is 9.56. The number of hydrogen-bond acceptors (Lipinski definition) is 1. The van der Waals surface area contributed by atoms with Crippen molar-refractivity contribution >= 4 is 5.69 Å². The monoisotopic (exact) mass is 222 g/mol. The molecular formula is C9H11NY-2. The minimum absolute atomic E-state index is 0. The van der Waals surface area contributed by atoms with Gasteiger partial charge in [-0.05, 0) is 6.92 Å². The Morgan fingerprint density at radius 2 is 2.00 bits per heavy atom. The molecule has 0 aromatic heterocycles. The third kappa shape index (κ3) is 2.84. The molecule has 0 unspecified atom stereocenters. The molecule has 1 N–H and O–H groups in total. The second kappa shape index (κ2) is 4.79. The summed E-state index contributed by atoms with van der Waals surface area (Å²) in [5, 5.41) is 2.82. The number of anilines is 1. The van der Waals surface area contributed by atoms with Gasteiger partial charge >= 0.3 is 0 Å². The number of benzene rings is 1. The topological polar surface area (TPSA) is 12.0 Å². The van der Waals surface area contributed by atoms with Crippen LogP contribution in [0.15, 0.2) is 18.2 Å². The number of nitrogens with one attached hydrogen (secondary N) is 1. The molecular weight excluding hydrogens is 211 g/mol. The molecule has 2 heteroatoms. The van der Waals surface area contributed by atoms with Gasteiger partial charge in [0.2, 0.25) is 0 Å². The molecule has 1 rings (SSSR count). The molecule has 0 saturated heterocycles. The molecule has 11 heavy (non-hydrogen) atoms. The first kappa shape index (κ1) is 11.0. The van der Waals surface area contributed by atoms with Crippen molar-refractivity contribution < 1.29 is 32.7 Å². The fraction of sp³-hybridized carbons (Fsp3) is 0.111.